The fraction of sp³-hybridized carbons (Fsp3) is 0.238. The maximum absolute atomic E-state index is 10.8. The average molecular weight is 369 g/mol. The zero-order chi connectivity index (χ0) is 20.0. The first kappa shape index (κ1) is 20.0. The van der Waals surface area contributed by atoms with Crippen LogP contribution in [0.1, 0.15) is 37.5 Å². The molecule has 27 heavy (non-hydrogen) atoms. The standard InChI is InChI=1S/C21H23NO5/c1-4-27-21-13-17(23)12-16(18(21)9-5-14(2)3)8-6-15-7-10-19(22(25)26)20(24)11-15/h5-8,10-13,23-24H,4,9H2,1-3H3/b8-6+. The lowest BCUT2D eigenvalue weighted by atomic mass is 10.00. The van der Waals surface area contributed by atoms with Gasteiger partial charge in [-0.05, 0) is 56.5 Å². The van der Waals surface area contributed by atoms with Crippen LogP contribution in [0.3, 0.4) is 0 Å². The van der Waals surface area contributed by atoms with Crippen LogP contribution in [0.25, 0.3) is 12.2 Å². The minimum Gasteiger partial charge on any atom is -0.508 e. The van der Waals surface area contributed by atoms with Crippen LogP contribution in [0, 0.1) is 10.1 Å². The molecule has 6 nitrogen and oxygen atoms in total. The maximum atomic E-state index is 10.8. The molecular weight excluding hydrogens is 346 g/mol. The molecule has 2 N–H and O–H groups in total. The first-order valence-electron chi connectivity index (χ1n) is 8.59. The van der Waals surface area contributed by atoms with E-state index in [1.807, 2.05) is 20.8 Å². The van der Waals surface area contributed by atoms with Crippen molar-refractivity contribution < 1.29 is 19.9 Å². The number of hydrogen-bond acceptors (Lipinski definition) is 5. The Morgan fingerprint density at radius 3 is 2.52 bits per heavy atom. The SMILES string of the molecule is CCOc1cc(O)cc(/C=C/c2ccc([N+](=O)[O-])c(O)c2)c1CC=C(C)C. The molecule has 0 atom stereocenters. The van der Waals surface area contributed by atoms with Crippen molar-refractivity contribution in [1.82, 2.24) is 0 Å². The van der Waals surface area contributed by atoms with Crippen molar-refractivity contribution in [3.8, 4) is 17.2 Å². The molecule has 0 fully saturated rings. The summed E-state index contributed by atoms with van der Waals surface area (Å²) in [6.45, 7) is 6.38. The zero-order valence-corrected chi connectivity index (χ0v) is 15.6. The molecule has 0 aliphatic rings. The first-order chi connectivity index (χ1) is 12.8. The molecule has 2 rings (SSSR count). The Labute approximate surface area is 158 Å². The third-order valence-electron chi connectivity index (χ3n) is 3.89. The van der Waals surface area contributed by atoms with E-state index in [0.717, 1.165) is 11.1 Å². The second kappa shape index (κ2) is 8.89. The van der Waals surface area contributed by atoms with Gasteiger partial charge in [0, 0.05) is 17.7 Å². The summed E-state index contributed by atoms with van der Waals surface area (Å²) in [5.74, 6) is 0.310. The second-order valence-corrected chi connectivity index (χ2v) is 6.27. The van der Waals surface area contributed by atoms with Gasteiger partial charge in [0.05, 0.1) is 11.5 Å². The number of ether oxygens (including phenoxy) is 1. The molecule has 0 bridgehead atoms. The number of phenolic OH excluding ortho intramolecular Hbond substituents is 2. The highest BCUT2D eigenvalue weighted by atomic mass is 16.6. The molecule has 0 amide bonds. The Kier molecular flexibility index (Phi) is 6.60. The van der Waals surface area contributed by atoms with Crippen LogP contribution in [-0.4, -0.2) is 21.7 Å². The summed E-state index contributed by atoms with van der Waals surface area (Å²) in [5.41, 5.74) is 3.13. The predicted molar refractivity (Wildman–Crippen MR) is 106 cm³/mol. The summed E-state index contributed by atoms with van der Waals surface area (Å²) in [6.07, 6.45) is 6.23. The molecule has 0 saturated heterocycles. The molecule has 0 spiro atoms. The van der Waals surface area contributed by atoms with Gasteiger partial charge in [-0.3, -0.25) is 10.1 Å². The Balaban J connectivity index is 2.44. The number of rotatable bonds is 7. The highest BCUT2D eigenvalue weighted by Gasteiger charge is 2.13. The topological polar surface area (TPSA) is 92.8 Å². The number of nitro benzene ring substituents is 1. The number of allylic oxidation sites excluding steroid dienone is 2. The van der Waals surface area contributed by atoms with Crippen LogP contribution in [0.15, 0.2) is 42.0 Å². The summed E-state index contributed by atoms with van der Waals surface area (Å²) in [5, 5.41) is 30.6. The van der Waals surface area contributed by atoms with E-state index in [1.165, 1.54) is 17.7 Å². The van der Waals surface area contributed by atoms with Crippen molar-refractivity contribution in [2.24, 2.45) is 0 Å². The molecule has 0 aliphatic heterocycles. The third-order valence-corrected chi connectivity index (χ3v) is 3.89. The number of aromatic hydroxyl groups is 2. The number of nitrogens with zero attached hydrogens (tertiary/aromatic N) is 1. The van der Waals surface area contributed by atoms with E-state index >= 15 is 0 Å². The molecule has 0 aromatic heterocycles. The lowest BCUT2D eigenvalue weighted by molar-refractivity contribution is -0.385. The third kappa shape index (κ3) is 5.34. The van der Waals surface area contributed by atoms with Crippen LogP contribution < -0.4 is 4.74 Å². The van der Waals surface area contributed by atoms with Gasteiger partial charge in [-0.15, -0.1) is 0 Å². The van der Waals surface area contributed by atoms with E-state index in [4.69, 9.17) is 4.74 Å². The molecule has 0 radical (unpaired) electrons. The molecule has 2 aromatic carbocycles. The highest BCUT2D eigenvalue weighted by Crippen LogP contribution is 2.32. The number of nitro groups is 1. The molecule has 142 valence electrons. The predicted octanol–water partition coefficient (Wildman–Crippen LogP) is 5.08. The zero-order valence-electron chi connectivity index (χ0n) is 15.6. The Bertz CT molecular complexity index is 896. The molecule has 0 aliphatic carbocycles. The molecule has 0 heterocycles. The highest BCUT2D eigenvalue weighted by molar-refractivity contribution is 5.74. The maximum Gasteiger partial charge on any atom is 0.310 e. The summed E-state index contributed by atoms with van der Waals surface area (Å²) in [6, 6.07) is 7.37. The van der Waals surface area contributed by atoms with E-state index in [-0.39, 0.29) is 11.4 Å². The second-order valence-electron chi connectivity index (χ2n) is 6.27. The lowest BCUT2D eigenvalue weighted by Gasteiger charge is -2.13. The summed E-state index contributed by atoms with van der Waals surface area (Å²) in [7, 11) is 0. The first-order valence-corrected chi connectivity index (χ1v) is 8.59. The quantitative estimate of drug-likeness (QED) is 0.307. The molecule has 0 unspecified atom stereocenters. The van der Waals surface area contributed by atoms with Gasteiger partial charge in [-0.25, -0.2) is 0 Å². The molecule has 0 saturated carbocycles. The van der Waals surface area contributed by atoms with Crippen molar-refractivity contribution in [1.29, 1.82) is 0 Å². The van der Waals surface area contributed by atoms with Crippen LogP contribution in [-0.2, 0) is 6.42 Å². The van der Waals surface area contributed by atoms with Gasteiger partial charge in [0.25, 0.3) is 0 Å². The Morgan fingerprint density at radius 1 is 1.19 bits per heavy atom. The normalized spacial score (nSPS) is 10.8. The van der Waals surface area contributed by atoms with Gasteiger partial charge in [0.1, 0.15) is 11.5 Å². The van der Waals surface area contributed by atoms with E-state index in [1.54, 1.807) is 30.4 Å². The minimum atomic E-state index is -0.635. The van der Waals surface area contributed by atoms with E-state index in [0.29, 0.717) is 24.3 Å². The summed E-state index contributed by atoms with van der Waals surface area (Å²) in [4.78, 5) is 10.2. The van der Waals surface area contributed by atoms with E-state index in [2.05, 4.69) is 6.08 Å². The molecule has 6 heteroatoms. The molecular formula is C21H23NO5. The Morgan fingerprint density at radius 2 is 1.93 bits per heavy atom. The fourth-order valence-corrected chi connectivity index (χ4v) is 2.59. The summed E-state index contributed by atoms with van der Waals surface area (Å²) >= 11 is 0. The van der Waals surface area contributed by atoms with E-state index in [9.17, 15) is 20.3 Å². The van der Waals surface area contributed by atoms with Crippen LogP contribution >= 0.6 is 0 Å². The van der Waals surface area contributed by atoms with Crippen molar-refractivity contribution >= 4 is 17.8 Å². The number of phenols is 2. The van der Waals surface area contributed by atoms with Crippen LogP contribution in [0.2, 0.25) is 0 Å². The van der Waals surface area contributed by atoms with Gasteiger partial charge >= 0.3 is 5.69 Å². The van der Waals surface area contributed by atoms with Gasteiger partial charge in [0.2, 0.25) is 0 Å². The summed E-state index contributed by atoms with van der Waals surface area (Å²) < 4.78 is 5.67. The van der Waals surface area contributed by atoms with Crippen molar-refractivity contribution in [3.05, 3.63) is 68.8 Å². The fourth-order valence-electron chi connectivity index (χ4n) is 2.59. The monoisotopic (exact) mass is 369 g/mol. The van der Waals surface area contributed by atoms with Crippen LogP contribution in [0.5, 0.6) is 17.2 Å². The number of hydrogen-bond donors (Lipinski definition) is 2. The van der Waals surface area contributed by atoms with Crippen molar-refractivity contribution in [2.45, 2.75) is 27.2 Å². The smallest absolute Gasteiger partial charge is 0.310 e. The Hall–Kier alpha value is -3.28. The van der Waals surface area contributed by atoms with Gasteiger partial charge in [0.15, 0.2) is 5.75 Å². The number of benzene rings is 2. The van der Waals surface area contributed by atoms with Gasteiger partial charge in [-0.2, -0.15) is 0 Å². The van der Waals surface area contributed by atoms with Crippen molar-refractivity contribution in [3.63, 3.8) is 0 Å². The lowest BCUT2D eigenvalue weighted by Crippen LogP contribution is -1.98. The average Bonchev–Trinajstić information content (AvgIpc) is 2.58. The van der Waals surface area contributed by atoms with Gasteiger partial charge in [-0.1, -0.05) is 23.8 Å². The van der Waals surface area contributed by atoms with Crippen LogP contribution in [0.4, 0.5) is 5.69 Å². The minimum absolute atomic E-state index is 0.0885. The molecule has 2 aromatic rings. The van der Waals surface area contributed by atoms with E-state index < -0.39 is 10.7 Å². The van der Waals surface area contributed by atoms with Crippen molar-refractivity contribution in [2.75, 3.05) is 6.61 Å². The largest absolute Gasteiger partial charge is 0.508 e. The van der Waals surface area contributed by atoms with Gasteiger partial charge < -0.3 is 14.9 Å².